The first-order chi connectivity index (χ1) is 8.04. The van der Waals surface area contributed by atoms with Gasteiger partial charge in [-0.2, -0.15) is 13.2 Å². The molecule has 0 amide bonds. The number of aromatic nitrogens is 1. The molecule has 0 unspecified atom stereocenters. The van der Waals surface area contributed by atoms with Crippen LogP contribution in [0.3, 0.4) is 0 Å². The van der Waals surface area contributed by atoms with Crippen LogP contribution in [0.25, 0.3) is 0 Å². The smallest absolute Gasteiger partial charge is 0.357 e. The van der Waals surface area contributed by atoms with Crippen molar-refractivity contribution in [3.63, 3.8) is 0 Å². The first-order valence-electron chi connectivity index (χ1n) is 4.83. The summed E-state index contributed by atoms with van der Waals surface area (Å²) < 4.78 is 63.0. The van der Waals surface area contributed by atoms with Gasteiger partial charge in [0.1, 0.15) is 11.4 Å². The Morgan fingerprint density at radius 2 is 1.83 bits per heavy atom. The molecule has 1 aromatic heterocycles. The van der Waals surface area contributed by atoms with Gasteiger partial charge in [-0.1, -0.05) is 0 Å². The van der Waals surface area contributed by atoms with Crippen LogP contribution in [0.15, 0.2) is 16.7 Å². The van der Waals surface area contributed by atoms with E-state index in [1.807, 2.05) is 0 Å². The normalized spacial score (nSPS) is 12.9. The number of hydrogen-bond donors (Lipinski definition) is 1. The number of nitrogens with one attached hydrogen (secondary N) is 1. The quantitative estimate of drug-likeness (QED) is 0.822. The highest BCUT2D eigenvalue weighted by molar-refractivity contribution is 9.10. The third-order valence-electron chi connectivity index (χ3n) is 2.27. The fourth-order valence-corrected chi connectivity index (χ4v) is 1.47. The van der Waals surface area contributed by atoms with E-state index in [0.717, 1.165) is 26.1 Å². The van der Waals surface area contributed by atoms with E-state index >= 15 is 0 Å². The maximum absolute atomic E-state index is 12.6. The molecule has 0 saturated carbocycles. The Kier molecular flexibility index (Phi) is 4.19. The van der Waals surface area contributed by atoms with E-state index in [1.54, 1.807) is 0 Å². The molecule has 0 aliphatic heterocycles. The fourth-order valence-electron chi connectivity index (χ4n) is 1.08. The van der Waals surface area contributed by atoms with Crippen LogP contribution in [0, 0.1) is 0 Å². The third-order valence-corrected chi connectivity index (χ3v) is 2.93. The van der Waals surface area contributed by atoms with E-state index in [-0.39, 0.29) is 10.3 Å². The summed E-state index contributed by atoms with van der Waals surface area (Å²) in [5.41, 5.74) is -2.67. The van der Waals surface area contributed by atoms with Crippen molar-refractivity contribution in [1.82, 2.24) is 4.98 Å². The number of pyridine rings is 1. The standard InChI is InChI=1S/C10H10BrF5N2/c1-9(2,10(14,15)16)18-7-3-5(8(12)13)6(11)4-17-7/h3-4,8H,1-2H3,(H,17,18). The van der Waals surface area contributed by atoms with Gasteiger partial charge in [-0.3, -0.25) is 0 Å². The second kappa shape index (κ2) is 4.99. The Bertz CT molecular complexity index is 431. The number of halogens is 6. The number of nitrogens with zero attached hydrogens (tertiary/aromatic N) is 1. The molecule has 8 heteroatoms. The van der Waals surface area contributed by atoms with Gasteiger partial charge in [-0.05, 0) is 35.8 Å². The van der Waals surface area contributed by atoms with Gasteiger partial charge < -0.3 is 5.32 Å². The predicted octanol–water partition coefficient (Wildman–Crippen LogP) is 4.53. The predicted molar refractivity (Wildman–Crippen MR) is 60.7 cm³/mol. The van der Waals surface area contributed by atoms with Gasteiger partial charge >= 0.3 is 6.18 Å². The summed E-state index contributed by atoms with van der Waals surface area (Å²) >= 11 is 2.86. The molecule has 0 fully saturated rings. The lowest BCUT2D eigenvalue weighted by molar-refractivity contribution is -0.168. The van der Waals surface area contributed by atoms with Crippen molar-refractivity contribution in [2.75, 3.05) is 5.32 Å². The van der Waals surface area contributed by atoms with Crippen LogP contribution < -0.4 is 5.32 Å². The number of alkyl halides is 5. The first-order valence-corrected chi connectivity index (χ1v) is 5.62. The zero-order chi connectivity index (χ0) is 14.1. The van der Waals surface area contributed by atoms with Crippen molar-refractivity contribution in [3.8, 4) is 0 Å². The Morgan fingerprint density at radius 3 is 2.28 bits per heavy atom. The van der Waals surface area contributed by atoms with Gasteiger partial charge in [0.2, 0.25) is 0 Å². The molecule has 0 aliphatic carbocycles. The van der Waals surface area contributed by atoms with Gasteiger partial charge in [-0.15, -0.1) is 0 Å². The van der Waals surface area contributed by atoms with Gasteiger partial charge in [0.15, 0.2) is 0 Å². The van der Waals surface area contributed by atoms with Crippen LogP contribution in [0.1, 0.15) is 25.8 Å². The topological polar surface area (TPSA) is 24.9 Å². The Hall–Kier alpha value is -0.920. The van der Waals surface area contributed by atoms with Crippen LogP contribution >= 0.6 is 15.9 Å². The van der Waals surface area contributed by atoms with Crippen molar-refractivity contribution in [2.45, 2.75) is 32.0 Å². The Balaban J connectivity index is 3.03. The molecule has 102 valence electrons. The molecule has 0 radical (unpaired) electrons. The molecule has 0 spiro atoms. The van der Waals surface area contributed by atoms with E-state index in [4.69, 9.17) is 0 Å². The lowest BCUT2D eigenvalue weighted by Crippen LogP contribution is -2.46. The molecule has 1 rings (SSSR count). The molecule has 18 heavy (non-hydrogen) atoms. The summed E-state index contributed by atoms with van der Waals surface area (Å²) in [6, 6.07) is 0.891. The molecule has 0 aromatic carbocycles. The highest BCUT2D eigenvalue weighted by Gasteiger charge is 2.47. The molecule has 1 N–H and O–H groups in total. The minimum Gasteiger partial charge on any atom is -0.357 e. The van der Waals surface area contributed by atoms with Crippen molar-refractivity contribution in [3.05, 3.63) is 22.3 Å². The molecular formula is C10H10BrF5N2. The Morgan fingerprint density at radius 1 is 1.28 bits per heavy atom. The lowest BCUT2D eigenvalue weighted by Gasteiger charge is -2.29. The maximum Gasteiger partial charge on any atom is 0.410 e. The Labute approximate surface area is 109 Å². The van der Waals surface area contributed by atoms with Gasteiger partial charge in [0.05, 0.1) is 0 Å². The van der Waals surface area contributed by atoms with E-state index in [2.05, 4.69) is 26.2 Å². The third kappa shape index (κ3) is 3.30. The van der Waals surface area contributed by atoms with Crippen LogP contribution in [0.4, 0.5) is 27.8 Å². The number of anilines is 1. The second-order valence-corrected chi connectivity index (χ2v) is 4.99. The van der Waals surface area contributed by atoms with Crippen molar-refractivity contribution in [1.29, 1.82) is 0 Å². The number of hydrogen-bond acceptors (Lipinski definition) is 2. The summed E-state index contributed by atoms with van der Waals surface area (Å²) in [5.74, 6) is -0.254. The van der Waals surface area contributed by atoms with E-state index in [9.17, 15) is 22.0 Å². The molecule has 2 nitrogen and oxygen atoms in total. The van der Waals surface area contributed by atoms with E-state index in [1.165, 1.54) is 0 Å². The molecule has 0 bridgehead atoms. The largest absolute Gasteiger partial charge is 0.410 e. The second-order valence-electron chi connectivity index (χ2n) is 4.14. The van der Waals surface area contributed by atoms with Gasteiger partial charge in [0.25, 0.3) is 6.43 Å². The molecular weight excluding hydrogens is 323 g/mol. The fraction of sp³-hybridized carbons (Fsp3) is 0.500. The van der Waals surface area contributed by atoms with Crippen molar-refractivity contribution in [2.24, 2.45) is 0 Å². The van der Waals surface area contributed by atoms with Crippen molar-refractivity contribution >= 4 is 21.7 Å². The SMILES string of the molecule is CC(C)(Nc1cc(C(F)F)c(Br)cn1)C(F)(F)F. The highest BCUT2D eigenvalue weighted by Crippen LogP contribution is 2.34. The minimum absolute atomic E-state index is 0.0489. The number of rotatable bonds is 3. The molecule has 0 aliphatic rings. The van der Waals surface area contributed by atoms with E-state index in [0.29, 0.717) is 0 Å². The summed E-state index contributed by atoms with van der Waals surface area (Å²) in [7, 11) is 0. The summed E-state index contributed by atoms with van der Waals surface area (Å²) in [4.78, 5) is 3.63. The van der Waals surface area contributed by atoms with Crippen LogP contribution in [0.2, 0.25) is 0 Å². The van der Waals surface area contributed by atoms with Gasteiger partial charge in [0, 0.05) is 16.2 Å². The average Bonchev–Trinajstić information content (AvgIpc) is 2.18. The highest BCUT2D eigenvalue weighted by atomic mass is 79.9. The van der Waals surface area contributed by atoms with Gasteiger partial charge in [-0.25, -0.2) is 13.8 Å². The lowest BCUT2D eigenvalue weighted by atomic mass is 10.1. The maximum atomic E-state index is 12.6. The van der Waals surface area contributed by atoms with E-state index < -0.39 is 23.7 Å². The zero-order valence-corrected chi connectivity index (χ0v) is 11.0. The molecule has 1 aromatic rings. The average molecular weight is 333 g/mol. The minimum atomic E-state index is -4.52. The summed E-state index contributed by atoms with van der Waals surface area (Å²) in [5, 5.41) is 2.09. The van der Waals surface area contributed by atoms with Crippen LogP contribution in [-0.2, 0) is 0 Å². The van der Waals surface area contributed by atoms with Crippen LogP contribution in [-0.4, -0.2) is 16.7 Å². The molecule has 0 atom stereocenters. The van der Waals surface area contributed by atoms with Crippen LogP contribution in [0.5, 0.6) is 0 Å². The zero-order valence-electron chi connectivity index (χ0n) is 9.45. The first kappa shape index (κ1) is 15.1. The monoisotopic (exact) mass is 332 g/mol. The van der Waals surface area contributed by atoms with Crippen molar-refractivity contribution < 1.29 is 22.0 Å². The molecule has 0 saturated heterocycles. The summed E-state index contributed by atoms with van der Waals surface area (Å²) in [6.45, 7) is 1.80. The molecule has 1 heterocycles. The summed E-state index contributed by atoms with van der Waals surface area (Å²) in [6.07, 6.45) is -6.28.